The molecule has 0 atom stereocenters. The van der Waals surface area contributed by atoms with E-state index in [-0.39, 0.29) is 0 Å². The van der Waals surface area contributed by atoms with Crippen molar-refractivity contribution < 1.29 is 4.74 Å². The van der Waals surface area contributed by atoms with E-state index in [1.165, 1.54) is 11.3 Å². The number of hydrogen-bond acceptors (Lipinski definition) is 4. The fourth-order valence-electron chi connectivity index (χ4n) is 1.44. The van der Waals surface area contributed by atoms with Gasteiger partial charge in [-0.2, -0.15) is 5.26 Å². The molecular formula is C12H10N2OS. The van der Waals surface area contributed by atoms with Gasteiger partial charge in [0.1, 0.15) is 21.7 Å². The van der Waals surface area contributed by atoms with Crippen molar-refractivity contribution in [3.05, 3.63) is 34.8 Å². The molecule has 0 spiro atoms. The number of nitriles is 1. The number of benzene rings is 1. The highest BCUT2D eigenvalue weighted by molar-refractivity contribution is 7.15. The summed E-state index contributed by atoms with van der Waals surface area (Å²) in [4.78, 5) is 5.03. The number of methoxy groups -OCH3 is 1. The van der Waals surface area contributed by atoms with Crippen molar-refractivity contribution in [3.8, 4) is 22.4 Å². The lowest BCUT2D eigenvalue weighted by Gasteiger charge is -2.04. The maximum Gasteiger partial charge on any atom is 0.129 e. The molecule has 0 fully saturated rings. The zero-order chi connectivity index (χ0) is 11.5. The molecule has 0 aliphatic rings. The van der Waals surface area contributed by atoms with Crippen LogP contribution in [0, 0.1) is 18.3 Å². The van der Waals surface area contributed by atoms with Crippen molar-refractivity contribution in [1.29, 1.82) is 5.26 Å². The first-order valence-corrected chi connectivity index (χ1v) is 5.59. The van der Waals surface area contributed by atoms with E-state index in [1.807, 2.05) is 31.2 Å². The van der Waals surface area contributed by atoms with Gasteiger partial charge in [0.2, 0.25) is 0 Å². The molecule has 0 saturated heterocycles. The van der Waals surface area contributed by atoms with Gasteiger partial charge in [-0.1, -0.05) is 12.1 Å². The quantitative estimate of drug-likeness (QED) is 0.796. The standard InChI is InChI=1S/C12H10N2OS/c1-8-11(7-13)16-12(14-8)9-5-3-4-6-10(9)15-2/h3-6H,1-2H3. The van der Waals surface area contributed by atoms with Crippen LogP contribution in [0.1, 0.15) is 10.6 Å². The Kier molecular flexibility index (Phi) is 2.88. The first-order valence-electron chi connectivity index (χ1n) is 4.77. The summed E-state index contributed by atoms with van der Waals surface area (Å²) in [5.74, 6) is 0.778. The summed E-state index contributed by atoms with van der Waals surface area (Å²) in [5.41, 5.74) is 1.70. The lowest BCUT2D eigenvalue weighted by atomic mass is 10.2. The summed E-state index contributed by atoms with van der Waals surface area (Å²) in [7, 11) is 1.63. The Morgan fingerprint density at radius 2 is 2.12 bits per heavy atom. The number of hydrogen-bond donors (Lipinski definition) is 0. The molecule has 2 aromatic rings. The minimum atomic E-state index is 0.654. The third kappa shape index (κ3) is 1.77. The fourth-order valence-corrected chi connectivity index (χ4v) is 2.33. The summed E-state index contributed by atoms with van der Waals surface area (Å²) >= 11 is 1.39. The summed E-state index contributed by atoms with van der Waals surface area (Å²) < 4.78 is 5.27. The first-order chi connectivity index (χ1) is 7.76. The van der Waals surface area contributed by atoms with Crippen LogP contribution in [0.25, 0.3) is 10.6 Å². The molecule has 0 radical (unpaired) electrons. The molecule has 0 N–H and O–H groups in total. The van der Waals surface area contributed by atoms with E-state index in [2.05, 4.69) is 11.1 Å². The normalized spacial score (nSPS) is 9.81. The highest BCUT2D eigenvalue weighted by Gasteiger charge is 2.12. The van der Waals surface area contributed by atoms with Crippen LogP contribution in [0.4, 0.5) is 0 Å². The topological polar surface area (TPSA) is 45.9 Å². The molecule has 80 valence electrons. The van der Waals surface area contributed by atoms with Crippen LogP contribution in [-0.2, 0) is 0 Å². The Bertz CT molecular complexity index is 554. The van der Waals surface area contributed by atoms with Gasteiger partial charge >= 0.3 is 0 Å². The molecule has 1 aromatic carbocycles. The highest BCUT2D eigenvalue weighted by Crippen LogP contribution is 2.33. The number of ether oxygens (including phenoxy) is 1. The molecule has 4 heteroatoms. The first kappa shape index (κ1) is 10.7. The molecule has 0 saturated carbocycles. The molecule has 2 rings (SSSR count). The molecule has 0 bridgehead atoms. The molecular weight excluding hydrogens is 220 g/mol. The smallest absolute Gasteiger partial charge is 0.129 e. The maximum absolute atomic E-state index is 8.89. The van der Waals surface area contributed by atoms with E-state index in [1.54, 1.807) is 7.11 Å². The Balaban J connectivity index is 2.55. The predicted molar refractivity (Wildman–Crippen MR) is 63.6 cm³/mol. The van der Waals surface area contributed by atoms with Gasteiger partial charge in [0.15, 0.2) is 0 Å². The van der Waals surface area contributed by atoms with Gasteiger partial charge in [0.25, 0.3) is 0 Å². The Labute approximate surface area is 97.9 Å². The van der Waals surface area contributed by atoms with E-state index in [9.17, 15) is 0 Å². The highest BCUT2D eigenvalue weighted by atomic mass is 32.1. The van der Waals surface area contributed by atoms with Crippen LogP contribution in [0.5, 0.6) is 5.75 Å². The largest absolute Gasteiger partial charge is 0.496 e. The average Bonchev–Trinajstić information content (AvgIpc) is 2.70. The zero-order valence-electron chi connectivity index (χ0n) is 9.02. The molecule has 16 heavy (non-hydrogen) atoms. The number of thiazole rings is 1. The van der Waals surface area contributed by atoms with Crippen molar-refractivity contribution >= 4 is 11.3 Å². The van der Waals surface area contributed by atoms with Crippen LogP contribution >= 0.6 is 11.3 Å². The second-order valence-electron chi connectivity index (χ2n) is 3.25. The minimum absolute atomic E-state index is 0.654. The van der Waals surface area contributed by atoms with E-state index < -0.39 is 0 Å². The van der Waals surface area contributed by atoms with E-state index in [4.69, 9.17) is 10.00 Å². The molecule has 1 heterocycles. The van der Waals surface area contributed by atoms with Crippen LogP contribution in [-0.4, -0.2) is 12.1 Å². The maximum atomic E-state index is 8.89. The fraction of sp³-hybridized carbons (Fsp3) is 0.167. The van der Waals surface area contributed by atoms with Gasteiger partial charge in [0, 0.05) is 0 Å². The van der Waals surface area contributed by atoms with Gasteiger partial charge < -0.3 is 4.74 Å². The van der Waals surface area contributed by atoms with Gasteiger partial charge in [0.05, 0.1) is 18.4 Å². The van der Waals surface area contributed by atoms with Crippen LogP contribution in [0.2, 0.25) is 0 Å². The van der Waals surface area contributed by atoms with E-state index in [0.29, 0.717) is 4.88 Å². The molecule has 0 aliphatic heterocycles. The van der Waals surface area contributed by atoms with Gasteiger partial charge in [-0.15, -0.1) is 11.3 Å². The summed E-state index contributed by atoms with van der Waals surface area (Å²) in [6.07, 6.45) is 0. The van der Waals surface area contributed by atoms with Crippen molar-refractivity contribution in [2.24, 2.45) is 0 Å². The third-order valence-electron chi connectivity index (χ3n) is 2.24. The van der Waals surface area contributed by atoms with Gasteiger partial charge in [-0.25, -0.2) is 4.98 Å². The minimum Gasteiger partial charge on any atom is -0.496 e. The number of nitrogens with zero attached hydrogens (tertiary/aromatic N) is 2. The van der Waals surface area contributed by atoms with Crippen LogP contribution in [0.15, 0.2) is 24.3 Å². The summed E-state index contributed by atoms with van der Waals surface area (Å²) in [6.45, 7) is 1.84. The van der Waals surface area contributed by atoms with E-state index in [0.717, 1.165) is 22.0 Å². The monoisotopic (exact) mass is 230 g/mol. The molecule has 0 amide bonds. The lowest BCUT2D eigenvalue weighted by molar-refractivity contribution is 0.416. The van der Waals surface area contributed by atoms with Crippen molar-refractivity contribution in [2.75, 3.05) is 7.11 Å². The second-order valence-corrected chi connectivity index (χ2v) is 4.24. The van der Waals surface area contributed by atoms with Gasteiger partial charge in [-0.05, 0) is 19.1 Å². The van der Waals surface area contributed by atoms with Crippen LogP contribution in [0.3, 0.4) is 0 Å². The molecule has 1 aromatic heterocycles. The molecule has 3 nitrogen and oxygen atoms in total. The third-order valence-corrected chi connectivity index (χ3v) is 3.33. The van der Waals surface area contributed by atoms with Crippen molar-refractivity contribution in [1.82, 2.24) is 4.98 Å². The lowest BCUT2D eigenvalue weighted by Crippen LogP contribution is -1.86. The second kappa shape index (κ2) is 4.33. The zero-order valence-corrected chi connectivity index (χ0v) is 9.84. The number of para-hydroxylation sites is 1. The number of aromatic nitrogens is 1. The summed E-state index contributed by atoms with van der Waals surface area (Å²) in [6, 6.07) is 9.81. The predicted octanol–water partition coefficient (Wildman–Crippen LogP) is 3.00. The van der Waals surface area contributed by atoms with Gasteiger partial charge in [-0.3, -0.25) is 0 Å². The molecule has 0 aliphatic carbocycles. The van der Waals surface area contributed by atoms with Crippen LogP contribution < -0.4 is 4.74 Å². The average molecular weight is 230 g/mol. The Hall–Kier alpha value is -1.86. The Morgan fingerprint density at radius 3 is 2.75 bits per heavy atom. The van der Waals surface area contributed by atoms with Crippen molar-refractivity contribution in [2.45, 2.75) is 6.92 Å². The number of aryl methyl sites for hydroxylation is 1. The Morgan fingerprint density at radius 1 is 1.38 bits per heavy atom. The SMILES string of the molecule is COc1ccccc1-c1nc(C)c(C#N)s1. The van der Waals surface area contributed by atoms with E-state index >= 15 is 0 Å². The number of rotatable bonds is 2. The molecule has 0 unspecified atom stereocenters. The van der Waals surface area contributed by atoms with Crippen molar-refractivity contribution in [3.63, 3.8) is 0 Å². The summed E-state index contributed by atoms with van der Waals surface area (Å²) in [5, 5.41) is 9.72.